The van der Waals surface area contributed by atoms with Crippen LogP contribution in [0.2, 0.25) is 0 Å². The van der Waals surface area contributed by atoms with Gasteiger partial charge in [0.05, 0.1) is 18.0 Å². The van der Waals surface area contributed by atoms with Crippen LogP contribution in [0.4, 0.5) is 0 Å². The number of carbonyl (C=O) groups is 1. The Labute approximate surface area is 117 Å². The van der Waals surface area contributed by atoms with E-state index in [-0.39, 0.29) is 16.8 Å². The summed E-state index contributed by atoms with van der Waals surface area (Å²) in [7, 11) is 1.65. The molecule has 18 heavy (non-hydrogen) atoms. The van der Waals surface area contributed by atoms with E-state index in [4.69, 9.17) is 4.74 Å². The van der Waals surface area contributed by atoms with E-state index in [1.807, 2.05) is 38.1 Å². The van der Waals surface area contributed by atoms with Crippen LogP contribution in [0.5, 0.6) is 5.75 Å². The predicted molar refractivity (Wildman–Crippen MR) is 77.2 cm³/mol. The van der Waals surface area contributed by atoms with Crippen molar-refractivity contribution >= 4 is 21.8 Å². The number of halogens is 1. The number of nitrogens with one attached hydrogen (secondary N) is 1. The Hall–Kier alpha value is -1.03. The summed E-state index contributed by atoms with van der Waals surface area (Å²) in [5.41, 5.74) is 1.02. The van der Waals surface area contributed by atoms with Crippen LogP contribution in [-0.2, 0) is 4.79 Å². The average molecular weight is 314 g/mol. The zero-order valence-corrected chi connectivity index (χ0v) is 12.7. The molecule has 0 radical (unpaired) electrons. The number of ether oxygens (including phenoxy) is 1. The van der Waals surface area contributed by atoms with Crippen LogP contribution in [0.25, 0.3) is 0 Å². The van der Waals surface area contributed by atoms with Gasteiger partial charge in [0.2, 0.25) is 5.91 Å². The number of hydrogen-bond acceptors (Lipinski definition) is 2. The van der Waals surface area contributed by atoms with Gasteiger partial charge in [-0.2, -0.15) is 0 Å². The smallest absolute Gasteiger partial charge is 0.234 e. The first-order valence-electron chi connectivity index (χ1n) is 6.21. The fraction of sp³-hybridized carbons (Fsp3) is 0.500. The van der Waals surface area contributed by atoms with Crippen LogP contribution in [0.15, 0.2) is 24.3 Å². The van der Waals surface area contributed by atoms with E-state index in [2.05, 4.69) is 21.2 Å². The van der Waals surface area contributed by atoms with E-state index in [1.54, 1.807) is 7.11 Å². The second-order valence-corrected chi connectivity index (χ2v) is 5.19. The summed E-state index contributed by atoms with van der Waals surface area (Å²) in [6.45, 7) is 4.02. The maximum atomic E-state index is 11.9. The molecule has 1 aromatic carbocycles. The molecule has 0 saturated carbocycles. The van der Waals surface area contributed by atoms with Gasteiger partial charge in [-0.1, -0.05) is 48.0 Å². The second kappa shape index (κ2) is 7.41. The van der Waals surface area contributed by atoms with E-state index in [0.717, 1.165) is 24.2 Å². The number of rotatable bonds is 6. The number of carbonyl (C=O) groups excluding carboxylic acids is 1. The molecular weight excluding hydrogens is 294 g/mol. The van der Waals surface area contributed by atoms with Crippen LogP contribution in [-0.4, -0.2) is 17.8 Å². The first kappa shape index (κ1) is 15.0. The van der Waals surface area contributed by atoms with Crippen LogP contribution in [0.1, 0.15) is 38.3 Å². The third kappa shape index (κ3) is 3.73. The fourth-order valence-electron chi connectivity index (χ4n) is 1.80. The van der Waals surface area contributed by atoms with Crippen LogP contribution in [0.3, 0.4) is 0 Å². The summed E-state index contributed by atoms with van der Waals surface area (Å²) in [6, 6.07) is 7.77. The number of para-hydroxylation sites is 1. The highest BCUT2D eigenvalue weighted by atomic mass is 79.9. The topological polar surface area (TPSA) is 38.3 Å². The summed E-state index contributed by atoms with van der Waals surface area (Å²) >= 11 is 3.36. The van der Waals surface area contributed by atoms with Gasteiger partial charge in [-0.15, -0.1) is 0 Å². The van der Waals surface area contributed by atoms with Gasteiger partial charge < -0.3 is 10.1 Å². The van der Waals surface area contributed by atoms with Crippen molar-refractivity contribution in [1.82, 2.24) is 5.32 Å². The Morgan fingerprint density at radius 3 is 2.56 bits per heavy atom. The summed E-state index contributed by atoms with van der Waals surface area (Å²) in [5.74, 6) is 0.836. The Bertz CT molecular complexity index is 395. The third-order valence-corrected chi connectivity index (χ3v) is 3.95. The minimum absolute atomic E-state index is 0.0137. The molecule has 0 bridgehead atoms. The largest absolute Gasteiger partial charge is 0.496 e. The minimum Gasteiger partial charge on any atom is -0.496 e. The SMILES string of the molecule is CCC(Br)C(=O)NC(CC)c1ccccc1OC. The molecule has 0 fully saturated rings. The molecule has 1 aromatic rings. The highest BCUT2D eigenvalue weighted by Crippen LogP contribution is 2.27. The quantitative estimate of drug-likeness (QED) is 0.817. The highest BCUT2D eigenvalue weighted by molar-refractivity contribution is 9.10. The van der Waals surface area contributed by atoms with Gasteiger partial charge in [-0.3, -0.25) is 4.79 Å². The number of alkyl halides is 1. The molecule has 0 aliphatic carbocycles. The summed E-state index contributed by atoms with van der Waals surface area (Å²) in [5, 5.41) is 3.04. The van der Waals surface area contributed by atoms with Crippen molar-refractivity contribution in [3.8, 4) is 5.75 Å². The summed E-state index contributed by atoms with van der Waals surface area (Å²) in [4.78, 5) is 11.8. The zero-order valence-electron chi connectivity index (χ0n) is 11.1. The van der Waals surface area contributed by atoms with Gasteiger partial charge in [-0.25, -0.2) is 0 Å². The van der Waals surface area contributed by atoms with Crippen molar-refractivity contribution in [2.75, 3.05) is 7.11 Å². The van der Waals surface area contributed by atoms with Crippen LogP contribution in [0, 0.1) is 0 Å². The van der Waals surface area contributed by atoms with E-state index < -0.39 is 0 Å². The standard InChI is InChI=1S/C14H20BrNO2/c1-4-11(15)14(17)16-12(5-2)10-8-6-7-9-13(10)18-3/h6-9,11-12H,4-5H2,1-3H3,(H,16,17). The van der Waals surface area contributed by atoms with Gasteiger partial charge in [0, 0.05) is 5.56 Å². The van der Waals surface area contributed by atoms with E-state index in [1.165, 1.54) is 0 Å². The maximum Gasteiger partial charge on any atom is 0.234 e. The van der Waals surface area contributed by atoms with E-state index in [0.29, 0.717) is 0 Å². The van der Waals surface area contributed by atoms with Crippen molar-refractivity contribution < 1.29 is 9.53 Å². The lowest BCUT2D eigenvalue weighted by Crippen LogP contribution is -2.34. The van der Waals surface area contributed by atoms with Gasteiger partial charge in [0.25, 0.3) is 0 Å². The predicted octanol–water partition coefficient (Wildman–Crippen LogP) is 3.44. The van der Waals surface area contributed by atoms with Crippen molar-refractivity contribution in [3.63, 3.8) is 0 Å². The molecule has 2 unspecified atom stereocenters. The first-order chi connectivity index (χ1) is 8.63. The van der Waals surface area contributed by atoms with Crippen LogP contribution >= 0.6 is 15.9 Å². The highest BCUT2D eigenvalue weighted by Gasteiger charge is 2.19. The lowest BCUT2D eigenvalue weighted by atomic mass is 10.0. The van der Waals surface area contributed by atoms with Gasteiger partial charge in [-0.05, 0) is 18.9 Å². The van der Waals surface area contributed by atoms with Crippen molar-refractivity contribution in [2.24, 2.45) is 0 Å². The lowest BCUT2D eigenvalue weighted by molar-refractivity contribution is -0.121. The number of amides is 1. The van der Waals surface area contributed by atoms with Crippen molar-refractivity contribution in [1.29, 1.82) is 0 Å². The molecule has 1 amide bonds. The molecule has 0 saturated heterocycles. The monoisotopic (exact) mass is 313 g/mol. The van der Waals surface area contributed by atoms with E-state index >= 15 is 0 Å². The number of hydrogen-bond donors (Lipinski definition) is 1. The summed E-state index contributed by atoms with van der Waals surface area (Å²) < 4.78 is 5.33. The normalized spacial score (nSPS) is 13.8. The molecule has 100 valence electrons. The molecule has 0 aliphatic rings. The summed E-state index contributed by atoms with van der Waals surface area (Å²) in [6.07, 6.45) is 1.60. The van der Waals surface area contributed by atoms with Gasteiger partial charge >= 0.3 is 0 Å². The fourth-order valence-corrected chi connectivity index (χ4v) is 1.93. The zero-order chi connectivity index (χ0) is 13.5. The second-order valence-electron chi connectivity index (χ2n) is 4.09. The number of methoxy groups -OCH3 is 1. The molecule has 0 aromatic heterocycles. The Balaban J connectivity index is 2.86. The molecule has 0 heterocycles. The molecule has 0 aliphatic heterocycles. The number of benzene rings is 1. The molecule has 2 atom stereocenters. The van der Waals surface area contributed by atoms with E-state index in [9.17, 15) is 4.79 Å². The Kier molecular flexibility index (Phi) is 6.19. The van der Waals surface area contributed by atoms with Gasteiger partial charge in [0.1, 0.15) is 5.75 Å². The lowest BCUT2D eigenvalue weighted by Gasteiger charge is -2.21. The van der Waals surface area contributed by atoms with Crippen molar-refractivity contribution in [3.05, 3.63) is 29.8 Å². The Morgan fingerprint density at radius 2 is 2.00 bits per heavy atom. The Morgan fingerprint density at radius 1 is 1.33 bits per heavy atom. The molecule has 1 rings (SSSR count). The molecule has 3 nitrogen and oxygen atoms in total. The molecule has 1 N–H and O–H groups in total. The minimum atomic E-state index is -0.138. The van der Waals surface area contributed by atoms with Gasteiger partial charge in [0.15, 0.2) is 0 Å². The first-order valence-corrected chi connectivity index (χ1v) is 7.12. The maximum absolute atomic E-state index is 11.9. The van der Waals surface area contributed by atoms with Crippen molar-refractivity contribution in [2.45, 2.75) is 37.6 Å². The third-order valence-electron chi connectivity index (χ3n) is 2.88. The molecular formula is C14H20BrNO2. The average Bonchev–Trinajstić information content (AvgIpc) is 2.43. The van der Waals surface area contributed by atoms with Crippen LogP contribution < -0.4 is 10.1 Å². The molecule has 0 spiro atoms. The molecule has 4 heteroatoms.